The largest absolute Gasteiger partial charge is 0.493 e. The summed E-state index contributed by atoms with van der Waals surface area (Å²) in [5.41, 5.74) is 6.55. The molecule has 0 bridgehead atoms. The Kier molecular flexibility index (Phi) is 8.17. The maximum Gasteiger partial charge on any atom is 0.304 e. The van der Waals surface area contributed by atoms with Crippen molar-refractivity contribution in [2.24, 2.45) is 0 Å². The van der Waals surface area contributed by atoms with E-state index in [9.17, 15) is 9.90 Å². The molecule has 0 unspecified atom stereocenters. The molecular formula is C31H33NO4. The molecule has 0 aliphatic carbocycles. The Morgan fingerprint density at radius 2 is 1.92 bits per heavy atom. The molecule has 3 aromatic rings. The normalized spacial score (nSPS) is 12.9. The van der Waals surface area contributed by atoms with Gasteiger partial charge in [-0.3, -0.25) is 4.79 Å². The summed E-state index contributed by atoms with van der Waals surface area (Å²) in [6.45, 7) is 7.45. The molecule has 0 saturated heterocycles. The van der Waals surface area contributed by atoms with Gasteiger partial charge in [-0.1, -0.05) is 55.2 Å². The van der Waals surface area contributed by atoms with E-state index in [1.54, 1.807) is 6.92 Å². The topological polar surface area (TPSA) is 59.0 Å². The quantitative estimate of drug-likeness (QED) is 0.254. The highest BCUT2D eigenvalue weighted by molar-refractivity contribution is 5.76. The number of hydrogen-bond donors (Lipinski definition) is 1. The van der Waals surface area contributed by atoms with Crippen LogP contribution < -0.4 is 14.6 Å². The number of aliphatic carboxylic acids is 1. The Bertz CT molecular complexity index is 1270. The van der Waals surface area contributed by atoms with Crippen LogP contribution in [0.5, 0.6) is 11.5 Å². The van der Waals surface area contributed by atoms with E-state index < -0.39 is 5.97 Å². The van der Waals surface area contributed by atoms with Crippen molar-refractivity contribution in [3.63, 3.8) is 0 Å². The number of carboxylic acids is 1. The van der Waals surface area contributed by atoms with Gasteiger partial charge in [0, 0.05) is 5.56 Å². The number of carboxylic acid groups (broad SMARTS) is 1. The summed E-state index contributed by atoms with van der Waals surface area (Å²) >= 11 is 0. The first kappa shape index (κ1) is 25.2. The third kappa shape index (κ3) is 6.01. The van der Waals surface area contributed by atoms with Crippen LogP contribution in [0.25, 0.3) is 11.1 Å². The Morgan fingerprint density at radius 1 is 1.11 bits per heavy atom. The van der Waals surface area contributed by atoms with Crippen LogP contribution in [0.15, 0.2) is 60.7 Å². The average Bonchev–Trinajstić information content (AvgIpc) is 3.27. The summed E-state index contributed by atoms with van der Waals surface area (Å²) < 4.78 is 6.11. The third-order valence-corrected chi connectivity index (χ3v) is 6.34. The lowest BCUT2D eigenvalue weighted by Crippen LogP contribution is -2.24. The first-order valence-electron chi connectivity index (χ1n) is 12.5. The molecule has 186 valence electrons. The van der Waals surface area contributed by atoms with Gasteiger partial charge in [-0.2, -0.15) is 0 Å². The van der Waals surface area contributed by atoms with Gasteiger partial charge in [-0.05, 0) is 73.7 Å². The molecule has 4 rings (SSSR count). The zero-order chi connectivity index (χ0) is 25.5. The fourth-order valence-corrected chi connectivity index (χ4v) is 4.42. The van der Waals surface area contributed by atoms with E-state index in [-0.39, 0.29) is 12.3 Å². The van der Waals surface area contributed by atoms with Crippen molar-refractivity contribution in [2.45, 2.75) is 52.4 Å². The number of ether oxygens (including phenoxy) is 1. The number of carbonyl (C=O) groups is 1. The predicted molar refractivity (Wildman–Crippen MR) is 144 cm³/mol. The fourth-order valence-electron chi connectivity index (χ4n) is 4.42. The molecule has 1 aliphatic heterocycles. The first-order chi connectivity index (χ1) is 17.5. The third-order valence-electron chi connectivity index (χ3n) is 6.34. The molecule has 0 aromatic heterocycles. The number of hydroxylamine groups is 1. The Hall–Kier alpha value is -3.91. The van der Waals surface area contributed by atoms with Crippen LogP contribution in [0.4, 0.5) is 5.69 Å². The molecule has 5 nitrogen and oxygen atoms in total. The minimum Gasteiger partial charge on any atom is -0.493 e. The maximum atomic E-state index is 11.2. The number of fused-ring (bicyclic) bond motifs is 1. The second kappa shape index (κ2) is 11.7. The van der Waals surface area contributed by atoms with Gasteiger partial charge in [-0.15, -0.1) is 5.92 Å². The molecule has 1 N–H and O–H groups in total. The Morgan fingerprint density at radius 3 is 2.64 bits per heavy atom. The Labute approximate surface area is 213 Å². The van der Waals surface area contributed by atoms with Crippen LogP contribution in [0.3, 0.4) is 0 Å². The molecule has 0 amide bonds. The van der Waals surface area contributed by atoms with Crippen molar-refractivity contribution < 1.29 is 19.5 Å². The maximum absolute atomic E-state index is 11.2. The molecular weight excluding hydrogens is 450 g/mol. The first-order valence-corrected chi connectivity index (χ1v) is 12.5. The average molecular weight is 484 g/mol. The number of aryl methyl sites for hydroxylation is 1. The summed E-state index contributed by atoms with van der Waals surface area (Å²) in [7, 11) is 0. The van der Waals surface area contributed by atoms with Crippen molar-refractivity contribution in [3.8, 4) is 34.5 Å². The Balaban J connectivity index is 1.55. The lowest BCUT2D eigenvalue weighted by molar-refractivity contribution is -0.137. The summed E-state index contributed by atoms with van der Waals surface area (Å²) in [4.78, 5) is 17.5. The number of benzene rings is 3. The number of nitrogens with zero attached hydrogens (tertiary/aromatic N) is 1. The highest BCUT2D eigenvalue weighted by Gasteiger charge is 2.23. The van der Waals surface area contributed by atoms with E-state index in [1.165, 1.54) is 11.1 Å². The lowest BCUT2D eigenvalue weighted by atomic mass is 9.96. The molecule has 1 aliphatic rings. The van der Waals surface area contributed by atoms with Crippen LogP contribution in [0, 0.1) is 18.8 Å². The highest BCUT2D eigenvalue weighted by Crippen LogP contribution is 2.37. The van der Waals surface area contributed by atoms with Crippen LogP contribution in [0.1, 0.15) is 55.7 Å². The summed E-state index contributed by atoms with van der Waals surface area (Å²) in [6.07, 6.45) is 3.01. The summed E-state index contributed by atoms with van der Waals surface area (Å²) in [6, 6.07) is 20.4. The van der Waals surface area contributed by atoms with Crippen LogP contribution in [-0.4, -0.2) is 24.2 Å². The standard InChI is InChI=1S/C31H33NO4/c1-4-6-18-35-30-15-8-22(3)19-28(30)26-10-9-24-16-17-32(29(24)20-26)36-27-13-11-23(12-14-27)25(7-5-2)21-31(33)34/h8-15,19-20,25H,4,6,16-18,21H2,1-3H3,(H,33,34)/t25-/m0/s1. The van der Waals surface area contributed by atoms with Gasteiger partial charge in [0.05, 0.1) is 31.2 Å². The van der Waals surface area contributed by atoms with E-state index in [1.807, 2.05) is 29.3 Å². The molecule has 36 heavy (non-hydrogen) atoms. The van der Waals surface area contributed by atoms with Gasteiger partial charge < -0.3 is 14.7 Å². The van der Waals surface area contributed by atoms with E-state index in [2.05, 4.69) is 62.1 Å². The second-order valence-corrected chi connectivity index (χ2v) is 9.10. The molecule has 1 heterocycles. The van der Waals surface area contributed by atoms with E-state index in [0.29, 0.717) is 12.4 Å². The smallest absolute Gasteiger partial charge is 0.304 e. The highest BCUT2D eigenvalue weighted by atomic mass is 16.7. The number of rotatable bonds is 10. The molecule has 1 atom stereocenters. The molecule has 0 spiro atoms. The van der Waals surface area contributed by atoms with Gasteiger partial charge in [0.15, 0.2) is 5.75 Å². The van der Waals surface area contributed by atoms with Crippen molar-refractivity contribution in [1.82, 2.24) is 0 Å². The molecule has 0 radical (unpaired) electrons. The molecule has 3 aromatic carbocycles. The van der Waals surface area contributed by atoms with Gasteiger partial charge in [0.2, 0.25) is 0 Å². The zero-order valence-corrected chi connectivity index (χ0v) is 21.2. The van der Waals surface area contributed by atoms with Crippen LogP contribution in [0.2, 0.25) is 0 Å². The van der Waals surface area contributed by atoms with Crippen molar-refractivity contribution in [3.05, 3.63) is 77.4 Å². The van der Waals surface area contributed by atoms with Gasteiger partial charge >= 0.3 is 5.97 Å². The van der Waals surface area contributed by atoms with Gasteiger partial charge in [0.1, 0.15) is 5.75 Å². The number of anilines is 1. The predicted octanol–water partition coefficient (Wildman–Crippen LogP) is 6.78. The van der Waals surface area contributed by atoms with Gasteiger partial charge in [-0.25, -0.2) is 5.06 Å². The van der Waals surface area contributed by atoms with Crippen LogP contribution in [-0.2, 0) is 11.2 Å². The van der Waals surface area contributed by atoms with Crippen molar-refractivity contribution >= 4 is 11.7 Å². The summed E-state index contributed by atoms with van der Waals surface area (Å²) in [5.74, 6) is 6.24. The SMILES string of the molecule is CC#C[C@@H](CC(=O)O)c1ccc(ON2CCc3ccc(-c4cc(C)ccc4OCCCC)cc32)cc1. The van der Waals surface area contributed by atoms with Gasteiger partial charge in [0.25, 0.3) is 0 Å². The fraction of sp³-hybridized carbons (Fsp3) is 0.323. The minimum absolute atomic E-state index is 0.0214. The zero-order valence-electron chi connectivity index (χ0n) is 21.2. The molecule has 5 heteroatoms. The number of unbranched alkanes of at least 4 members (excludes halogenated alkanes) is 1. The second-order valence-electron chi connectivity index (χ2n) is 9.10. The van der Waals surface area contributed by atoms with E-state index in [0.717, 1.165) is 53.9 Å². The molecule has 0 fully saturated rings. The van der Waals surface area contributed by atoms with Crippen molar-refractivity contribution in [2.75, 3.05) is 18.2 Å². The summed E-state index contributed by atoms with van der Waals surface area (Å²) in [5, 5.41) is 11.1. The van der Waals surface area contributed by atoms with E-state index >= 15 is 0 Å². The monoisotopic (exact) mass is 483 g/mol. The lowest BCUT2D eigenvalue weighted by Gasteiger charge is -2.21. The van der Waals surface area contributed by atoms with E-state index in [4.69, 9.17) is 9.57 Å². The van der Waals surface area contributed by atoms with Crippen LogP contribution >= 0.6 is 0 Å². The van der Waals surface area contributed by atoms with Crippen molar-refractivity contribution in [1.29, 1.82) is 0 Å². The number of hydrogen-bond acceptors (Lipinski definition) is 4. The minimum atomic E-state index is -0.861. The molecule has 0 saturated carbocycles.